The number of nitrogens with two attached hydrogens (primary N) is 1. The minimum atomic E-state index is -0.512. The normalized spacial score (nSPS) is 13.8. The van der Waals surface area contributed by atoms with Crippen LogP contribution >= 0.6 is 0 Å². The number of carbonyl (C=O) groups is 2. The van der Waals surface area contributed by atoms with Gasteiger partial charge in [0.25, 0.3) is 0 Å². The van der Waals surface area contributed by atoms with E-state index in [-0.39, 0.29) is 31.4 Å². The quantitative estimate of drug-likeness (QED) is 0.317. The van der Waals surface area contributed by atoms with Gasteiger partial charge in [-0.15, -0.1) is 0 Å². The Labute approximate surface area is 126 Å². The molecule has 0 spiro atoms. The van der Waals surface area contributed by atoms with Crippen LogP contribution in [0.3, 0.4) is 0 Å². The molecule has 7 nitrogen and oxygen atoms in total. The Morgan fingerprint density at radius 3 is 2.43 bits per heavy atom. The average molecular weight is 303 g/mol. The predicted molar refractivity (Wildman–Crippen MR) is 80.4 cm³/mol. The van der Waals surface area contributed by atoms with Crippen molar-refractivity contribution in [1.29, 1.82) is 0 Å². The number of amides is 2. The van der Waals surface area contributed by atoms with Crippen molar-refractivity contribution in [3.63, 3.8) is 0 Å². The van der Waals surface area contributed by atoms with Gasteiger partial charge in [-0.2, -0.15) is 0 Å². The zero-order valence-corrected chi connectivity index (χ0v) is 13.0. The van der Waals surface area contributed by atoms with Gasteiger partial charge in [0.2, 0.25) is 11.8 Å². The molecule has 0 saturated carbocycles. The van der Waals surface area contributed by atoms with Crippen molar-refractivity contribution in [3.05, 3.63) is 0 Å². The maximum Gasteiger partial charge on any atom is 0.236 e. The van der Waals surface area contributed by atoms with E-state index in [1.165, 1.54) is 0 Å². The predicted octanol–water partition coefficient (Wildman–Crippen LogP) is -0.884. The molecule has 2 atom stereocenters. The lowest BCUT2D eigenvalue weighted by Gasteiger charge is -2.16. The molecular weight excluding hydrogens is 274 g/mol. The molecule has 0 saturated heterocycles. The Morgan fingerprint density at radius 1 is 1.24 bits per heavy atom. The zero-order valence-electron chi connectivity index (χ0n) is 13.0. The molecule has 0 aliphatic rings. The molecule has 0 aliphatic carbocycles. The van der Waals surface area contributed by atoms with E-state index in [9.17, 15) is 9.59 Å². The lowest BCUT2D eigenvalue weighted by atomic mass is 10.0. The third-order valence-electron chi connectivity index (χ3n) is 3.01. The Hall–Kier alpha value is -1.18. The van der Waals surface area contributed by atoms with Crippen LogP contribution < -0.4 is 16.4 Å². The second-order valence-corrected chi connectivity index (χ2v) is 5.59. The van der Waals surface area contributed by atoms with Crippen molar-refractivity contribution in [3.8, 4) is 0 Å². The molecule has 0 fully saturated rings. The highest BCUT2D eigenvalue weighted by Gasteiger charge is 2.14. The van der Waals surface area contributed by atoms with Crippen LogP contribution in [0.5, 0.6) is 0 Å². The number of hydrogen-bond donors (Lipinski definition) is 5. The molecule has 0 bridgehead atoms. The van der Waals surface area contributed by atoms with E-state index in [1.807, 2.05) is 13.8 Å². The van der Waals surface area contributed by atoms with Gasteiger partial charge in [0, 0.05) is 19.6 Å². The van der Waals surface area contributed by atoms with Crippen molar-refractivity contribution in [1.82, 2.24) is 10.6 Å². The van der Waals surface area contributed by atoms with Gasteiger partial charge in [0.15, 0.2) is 0 Å². The van der Waals surface area contributed by atoms with Crippen LogP contribution in [0.15, 0.2) is 0 Å². The Morgan fingerprint density at radius 2 is 1.90 bits per heavy atom. The molecular formula is C14H29N3O4. The first kappa shape index (κ1) is 19.8. The molecule has 6 N–H and O–H groups in total. The minimum absolute atomic E-state index is 0.0880. The van der Waals surface area contributed by atoms with Crippen molar-refractivity contribution < 1.29 is 19.8 Å². The first-order chi connectivity index (χ1) is 9.90. The summed E-state index contributed by atoms with van der Waals surface area (Å²) < 4.78 is 0. The lowest BCUT2D eigenvalue weighted by molar-refractivity contribution is -0.124. The van der Waals surface area contributed by atoms with Gasteiger partial charge >= 0.3 is 0 Å². The summed E-state index contributed by atoms with van der Waals surface area (Å²) in [5.41, 5.74) is 5.73. The van der Waals surface area contributed by atoms with Gasteiger partial charge in [-0.1, -0.05) is 13.8 Å². The highest BCUT2D eigenvalue weighted by molar-refractivity contribution is 5.81. The molecule has 0 rings (SSSR count). The average Bonchev–Trinajstić information content (AvgIpc) is 2.42. The van der Waals surface area contributed by atoms with E-state index in [0.29, 0.717) is 31.7 Å². The Bertz CT molecular complexity index is 311. The molecule has 124 valence electrons. The van der Waals surface area contributed by atoms with Gasteiger partial charge < -0.3 is 26.6 Å². The molecule has 0 aromatic rings. The fraction of sp³-hybridized carbons (Fsp3) is 0.857. The summed E-state index contributed by atoms with van der Waals surface area (Å²) in [6, 6.07) is -0.932. The molecule has 2 amide bonds. The first-order valence-electron chi connectivity index (χ1n) is 7.45. The molecule has 0 radical (unpaired) electrons. The van der Waals surface area contributed by atoms with Crippen molar-refractivity contribution >= 4 is 11.8 Å². The van der Waals surface area contributed by atoms with Crippen LogP contribution in [0.25, 0.3) is 0 Å². The van der Waals surface area contributed by atoms with Gasteiger partial charge in [-0.3, -0.25) is 9.59 Å². The highest BCUT2D eigenvalue weighted by Crippen LogP contribution is 2.02. The molecule has 0 aromatic heterocycles. The van der Waals surface area contributed by atoms with Gasteiger partial charge in [0.1, 0.15) is 0 Å². The second kappa shape index (κ2) is 11.5. The summed E-state index contributed by atoms with van der Waals surface area (Å²) in [6.07, 6.45) is 1.71. The van der Waals surface area contributed by atoms with E-state index in [1.54, 1.807) is 0 Å². The number of carbonyl (C=O) groups excluding carboxylic acids is 2. The van der Waals surface area contributed by atoms with Crippen LogP contribution in [0.4, 0.5) is 0 Å². The molecule has 0 aliphatic heterocycles. The molecule has 7 heteroatoms. The highest BCUT2D eigenvalue weighted by atomic mass is 16.3. The largest absolute Gasteiger partial charge is 0.396 e. The molecule has 0 aromatic carbocycles. The van der Waals surface area contributed by atoms with Crippen molar-refractivity contribution in [2.75, 3.05) is 19.8 Å². The summed E-state index contributed by atoms with van der Waals surface area (Å²) >= 11 is 0. The van der Waals surface area contributed by atoms with Gasteiger partial charge in [0.05, 0.1) is 18.7 Å². The van der Waals surface area contributed by atoms with Crippen molar-refractivity contribution in [2.24, 2.45) is 11.7 Å². The van der Waals surface area contributed by atoms with E-state index in [4.69, 9.17) is 15.9 Å². The van der Waals surface area contributed by atoms with Gasteiger partial charge in [-0.05, 0) is 25.2 Å². The van der Waals surface area contributed by atoms with Crippen LogP contribution in [0.1, 0.15) is 39.5 Å². The summed E-state index contributed by atoms with van der Waals surface area (Å²) in [4.78, 5) is 23.2. The monoisotopic (exact) mass is 303 g/mol. The smallest absolute Gasteiger partial charge is 0.236 e. The summed E-state index contributed by atoms with van der Waals surface area (Å²) in [5.74, 6) is -0.0423. The molecule has 1 unspecified atom stereocenters. The zero-order chi connectivity index (χ0) is 16.3. The minimum Gasteiger partial charge on any atom is -0.396 e. The Kier molecular flexibility index (Phi) is 10.8. The number of rotatable bonds is 11. The van der Waals surface area contributed by atoms with E-state index >= 15 is 0 Å². The number of aliphatic hydroxyl groups is 2. The lowest BCUT2D eigenvalue weighted by Crippen LogP contribution is -2.42. The van der Waals surface area contributed by atoms with Crippen LogP contribution in [-0.4, -0.2) is 53.9 Å². The fourth-order valence-corrected chi connectivity index (χ4v) is 1.87. The van der Waals surface area contributed by atoms with Crippen LogP contribution in [-0.2, 0) is 9.59 Å². The van der Waals surface area contributed by atoms with E-state index in [0.717, 1.165) is 0 Å². The maximum atomic E-state index is 11.6. The Balaban J connectivity index is 3.79. The van der Waals surface area contributed by atoms with E-state index in [2.05, 4.69) is 10.6 Å². The fourth-order valence-electron chi connectivity index (χ4n) is 1.87. The number of nitrogens with one attached hydrogen (secondary N) is 2. The summed E-state index contributed by atoms with van der Waals surface area (Å²) in [5, 5.41) is 23.1. The summed E-state index contributed by atoms with van der Waals surface area (Å²) in [7, 11) is 0. The van der Waals surface area contributed by atoms with Crippen LogP contribution in [0, 0.1) is 5.92 Å². The SMILES string of the molecule is CC(C)C[C@H](N)C(=O)NCCCC(=O)NC(CO)CCO. The molecule has 0 heterocycles. The van der Waals surface area contributed by atoms with Crippen LogP contribution in [0.2, 0.25) is 0 Å². The van der Waals surface area contributed by atoms with E-state index < -0.39 is 12.1 Å². The summed E-state index contributed by atoms with van der Waals surface area (Å²) in [6.45, 7) is 4.10. The van der Waals surface area contributed by atoms with Gasteiger partial charge in [-0.25, -0.2) is 0 Å². The number of hydrogen-bond acceptors (Lipinski definition) is 5. The molecule has 21 heavy (non-hydrogen) atoms. The topological polar surface area (TPSA) is 125 Å². The number of aliphatic hydroxyl groups excluding tert-OH is 2. The van der Waals surface area contributed by atoms with Crippen molar-refractivity contribution in [2.45, 2.75) is 51.6 Å². The third kappa shape index (κ3) is 10.2. The standard InChI is InChI=1S/C14H29N3O4/c1-10(2)8-12(15)14(21)16-6-3-4-13(20)17-11(9-19)5-7-18/h10-12,18-19H,3-9,15H2,1-2H3,(H,16,21)(H,17,20)/t11?,12-/m0/s1. The third-order valence-corrected chi connectivity index (χ3v) is 3.01. The second-order valence-electron chi connectivity index (χ2n) is 5.59. The maximum absolute atomic E-state index is 11.6. The first-order valence-corrected chi connectivity index (χ1v) is 7.45.